The molecular formula is C13H22N2O2. The summed E-state index contributed by atoms with van der Waals surface area (Å²) >= 11 is 0. The summed E-state index contributed by atoms with van der Waals surface area (Å²) in [5, 5.41) is 0. The van der Waals surface area contributed by atoms with E-state index in [1.807, 2.05) is 0 Å². The Balaban J connectivity index is 2.12. The molecule has 4 nitrogen and oxygen atoms in total. The predicted octanol–water partition coefficient (Wildman–Crippen LogP) is 0.580. The smallest absolute Gasteiger partial charge is 0.210 e. The maximum atomic E-state index is 10.8. The van der Waals surface area contributed by atoms with Crippen molar-refractivity contribution >= 4 is 6.41 Å². The number of nitrogens with zero attached hydrogens (tertiary/aromatic N) is 2. The number of rotatable bonds is 7. The second-order valence-electron chi connectivity index (χ2n) is 4.26. The van der Waals surface area contributed by atoms with E-state index in [4.69, 9.17) is 4.74 Å². The van der Waals surface area contributed by atoms with E-state index in [1.54, 1.807) is 12.0 Å². The molecule has 1 amide bonds. The van der Waals surface area contributed by atoms with E-state index >= 15 is 0 Å². The van der Waals surface area contributed by atoms with Crippen molar-refractivity contribution in [1.29, 1.82) is 0 Å². The van der Waals surface area contributed by atoms with E-state index in [1.165, 1.54) is 25.9 Å². The average molecular weight is 238 g/mol. The fourth-order valence-electron chi connectivity index (χ4n) is 1.85. The average Bonchev–Trinajstić information content (AvgIpc) is 2.85. The minimum atomic E-state index is 0.529. The summed E-state index contributed by atoms with van der Waals surface area (Å²) in [5.74, 6) is 6.18. The third-order valence-corrected chi connectivity index (χ3v) is 2.85. The van der Waals surface area contributed by atoms with Crippen LogP contribution in [0.1, 0.15) is 19.3 Å². The topological polar surface area (TPSA) is 32.8 Å². The molecule has 1 saturated heterocycles. The summed E-state index contributed by atoms with van der Waals surface area (Å²) in [6.45, 7) is 5.10. The van der Waals surface area contributed by atoms with Crippen LogP contribution in [0.4, 0.5) is 0 Å². The molecule has 1 aliphatic heterocycles. The minimum Gasteiger partial charge on any atom is -0.385 e. The number of methoxy groups -OCH3 is 1. The van der Waals surface area contributed by atoms with Crippen LogP contribution in [-0.2, 0) is 9.53 Å². The molecule has 0 unspecified atom stereocenters. The minimum absolute atomic E-state index is 0.529. The van der Waals surface area contributed by atoms with E-state index in [0.29, 0.717) is 13.2 Å². The molecule has 0 aliphatic carbocycles. The molecule has 1 aliphatic rings. The lowest BCUT2D eigenvalue weighted by molar-refractivity contribution is -0.117. The van der Waals surface area contributed by atoms with Crippen LogP contribution in [0.25, 0.3) is 0 Å². The highest BCUT2D eigenvalue weighted by atomic mass is 16.5. The van der Waals surface area contributed by atoms with Crippen molar-refractivity contribution < 1.29 is 9.53 Å². The number of ether oxygens (including phenoxy) is 1. The van der Waals surface area contributed by atoms with Gasteiger partial charge in [-0.2, -0.15) is 0 Å². The number of hydrogen-bond donors (Lipinski definition) is 0. The number of likely N-dealkylation sites (tertiary alicyclic amines) is 1. The second-order valence-corrected chi connectivity index (χ2v) is 4.26. The van der Waals surface area contributed by atoms with Gasteiger partial charge >= 0.3 is 0 Å². The molecule has 17 heavy (non-hydrogen) atoms. The van der Waals surface area contributed by atoms with Gasteiger partial charge in [-0.25, -0.2) is 0 Å². The molecule has 0 aromatic heterocycles. The number of carbonyl (C=O) groups is 1. The van der Waals surface area contributed by atoms with Crippen LogP contribution >= 0.6 is 0 Å². The standard InChI is InChI=1S/C13H22N2O2/c1-17-12-6-11-15(13-16)10-5-4-9-14-7-2-3-8-14/h13H,2-3,6-12H2,1H3. The normalized spacial score (nSPS) is 15.4. The Morgan fingerprint density at radius 1 is 1.35 bits per heavy atom. The first-order valence-electron chi connectivity index (χ1n) is 6.23. The van der Waals surface area contributed by atoms with Crippen LogP contribution in [0.5, 0.6) is 0 Å². The van der Waals surface area contributed by atoms with Gasteiger partial charge in [0.1, 0.15) is 0 Å². The summed E-state index contributed by atoms with van der Waals surface area (Å²) in [5.41, 5.74) is 0. The van der Waals surface area contributed by atoms with Crippen LogP contribution in [0.15, 0.2) is 0 Å². The van der Waals surface area contributed by atoms with Gasteiger partial charge in [0.05, 0.1) is 13.1 Å². The van der Waals surface area contributed by atoms with Crippen LogP contribution in [-0.4, -0.2) is 62.7 Å². The van der Waals surface area contributed by atoms with E-state index in [0.717, 1.165) is 25.9 Å². The van der Waals surface area contributed by atoms with E-state index in [2.05, 4.69) is 16.7 Å². The fourth-order valence-corrected chi connectivity index (χ4v) is 1.85. The van der Waals surface area contributed by atoms with Crippen LogP contribution in [0.3, 0.4) is 0 Å². The first-order chi connectivity index (χ1) is 8.36. The van der Waals surface area contributed by atoms with Crippen molar-refractivity contribution in [3.8, 4) is 11.8 Å². The lowest BCUT2D eigenvalue weighted by Crippen LogP contribution is -2.24. The SMILES string of the molecule is COCCCN(C=O)CC#CCN1CCCC1. The van der Waals surface area contributed by atoms with Crippen molar-refractivity contribution in [2.75, 3.05) is 46.4 Å². The lowest BCUT2D eigenvalue weighted by atomic mass is 10.4. The monoisotopic (exact) mass is 238 g/mol. The van der Waals surface area contributed by atoms with Gasteiger partial charge in [-0.15, -0.1) is 0 Å². The van der Waals surface area contributed by atoms with Crippen molar-refractivity contribution in [2.45, 2.75) is 19.3 Å². The third-order valence-electron chi connectivity index (χ3n) is 2.85. The van der Waals surface area contributed by atoms with Crippen molar-refractivity contribution in [3.05, 3.63) is 0 Å². The zero-order chi connectivity index (χ0) is 12.3. The van der Waals surface area contributed by atoms with Crippen LogP contribution in [0.2, 0.25) is 0 Å². The van der Waals surface area contributed by atoms with Gasteiger partial charge in [-0.3, -0.25) is 9.69 Å². The highest BCUT2D eigenvalue weighted by Gasteiger charge is 2.08. The largest absolute Gasteiger partial charge is 0.385 e. The summed E-state index contributed by atoms with van der Waals surface area (Å²) in [4.78, 5) is 14.8. The van der Waals surface area contributed by atoms with Crippen LogP contribution in [0, 0.1) is 11.8 Å². The Hall–Kier alpha value is -1.05. The Labute approximate surface area is 104 Å². The maximum Gasteiger partial charge on any atom is 0.210 e. The highest BCUT2D eigenvalue weighted by Crippen LogP contribution is 2.05. The Morgan fingerprint density at radius 2 is 2.12 bits per heavy atom. The molecule has 4 heteroatoms. The quantitative estimate of drug-likeness (QED) is 0.369. The molecule has 1 fully saturated rings. The van der Waals surface area contributed by atoms with Gasteiger partial charge < -0.3 is 9.64 Å². The Morgan fingerprint density at radius 3 is 2.76 bits per heavy atom. The number of carbonyl (C=O) groups excluding carboxylic acids is 1. The molecule has 0 aromatic carbocycles. The van der Waals surface area contributed by atoms with Gasteiger partial charge in [0, 0.05) is 20.3 Å². The summed E-state index contributed by atoms with van der Waals surface area (Å²) in [7, 11) is 1.67. The summed E-state index contributed by atoms with van der Waals surface area (Å²) in [6, 6.07) is 0. The molecule has 0 bridgehead atoms. The van der Waals surface area contributed by atoms with Gasteiger partial charge in [0.15, 0.2) is 0 Å². The summed E-state index contributed by atoms with van der Waals surface area (Å²) in [6.07, 6.45) is 4.31. The Kier molecular flexibility index (Phi) is 7.44. The first-order valence-corrected chi connectivity index (χ1v) is 6.23. The molecule has 1 heterocycles. The molecule has 96 valence electrons. The van der Waals surface area contributed by atoms with Gasteiger partial charge in [-0.05, 0) is 32.4 Å². The van der Waals surface area contributed by atoms with Gasteiger partial charge in [0.25, 0.3) is 0 Å². The number of amides is 1. The zero-order valence-corrected chi connectivity index (χ0v) is 10.7. The number of hydrogen-bond acceptors (Lipinski definition) is 3. The highest BCUT2D eigenvalue weighted by molar-refractivity contribution is 5.47. The van der Waals surface area contributed by atoms with Crippen LogP contribution < -0.4 is 0 Å². The van der Waals surface area contributed by atoms with Gasteiger partial charge in [0.2, 0.25) is 6.41 Å². The first kappa shape index (κ1) is 14.0. The van der Waals surface area contributed by atoms with E-state index < -0.39 is 0 Å². The molecule has 1 rings (SSSR count). The predicted molar refractivity (Wildman–Crippen MR) is 67.6 cm³/mol. The summed E-state index contributed by atoms with van der Waals surface area (Å²) < 4.78 is 4.94. The van der Waals surface area contributed by atoms with E-state index in [9.17, 15) is 4.79 Å². The Bertz CT molecular complexity index is 264. The molecule has 0 spiro atoms. The second kappa shape index (κ2) is 9.03. The van der Waals surface area contributed by atoms with Crippen molar-refractivity contribution in [1.82, 2.24) is 9.80 Å². The molecular weight excluding hydrogens is 216 g/mol. The van der Waals surface area contributed by atoms with Crippen molar-refractivity contribution in [3.63, 3.8) is 0 Å². The molecule has 0 saturated carbocycles. The molecule has 0 N–H and O–H groups in total. The third kappa shape index (κ3) is 6.30. The lowest BCUT2D eigenvalue weighted by Gasteiger charge is -2.13. The fraction of sp³-hybridized carbons (Fsp3) is 0.769. The molecule has 0 atom stereocenters. The molecule has 0 radical (unpaired) electrons. The zero-order valence-electron chi connectivity index (χ0n) is 10.7. The maximum absolute atomic E-state index is 10.8. The van der Waals surface area contributed by atoms with E-state index in [-0.39, 0.29) is 0 Å². The molecule has 0 aromatic rings. The van der Waals surface area contributed by atoms with Crippen molar-refractivity contribution in [2.24, 2.45) is 0 Å². The van der Waals surface area contributed by atoms with Gasteiger partial charge in [-0.1, -0.05) is 11.8 Å².